The average molecular weight is 585 g/mol. The van der Waals surface area contributed by atoms with E-state index in [0.29, 0.717) is 17.7 Å². The van der Waals surface area contributed by atoms with E-state index in [9.17, 15) is 19.7 Å². The predicted molar refractivity (Wildman–Crippen MR) is 163 cm³/mol. The first-order valence-electron chi connectivity index (χ1n) is 13.1. The first kappa shape index (κ1) is 33.3. The monoisotopic (exact) mass is 584 g/mol. The number of nitrogen functional groups attached to an aromatic ring is 2. The quantitative estimate of drug-likeness (QED) is 0.0861. The normalized spacial score (nSPS) is 11.0. The van der Waals surface area contributed by atoms with E-state index in [4.69, 9.17) is 26.8 Å². The highest BCUT2D eigenvalue weighted by Crippen LogP contribution is 2.26. The van der Waals surface area contributed by atoms with Gasteiger partial charge >= 0.3 is 0 Å². The first-order chi connectivity index (χ1) is 20.5. The van der Waals surface area contributed by atoms with E-state index in [1.807, 2.05) is 32.3 Å². The number of unbranched alkanes of at least 4 members (excludes halogenated alkanes) is 1. The number of fused-ring (bicyclic) bond motifs is 1. The molecule has 0 aliphatic carbocycles. The van der Waals surface area contributed by atoms with Crippen molar-refractivity contribution in [1.82, 2.24) is 4.90 Å². The fourth-order valence-corrected chi connectivity index (χ4v) is 4.12. The Morgan fingerprint density at radius 1 is 1.00 bits per heavy atom. The topological polar surface area (TPSA) is 212 Å². The van der Waals surface area contributed by atoms with Crippen LogP contribution < -0.4 is 21.7 Å². The summed E-state index contributed by atoms with van der Waals surface area (Å²) in [4.78, 5) is 46.7. The van der Waals surface area contributed by atoms with Crippen LogP contribution in [0.25, 0.3) is 0 Å². The molecule has 0 bridgehead atoms. The number of imide groups is 1. The minimum atomic E-state index is -0.679. The number of amides is 2. The highest BCUT2D eigenvalue weighted by atomic mass is 16.6. The fourth-order valence-electron chi connectivity index (χ4n) is 4.12. The van der Waals surface area contributed by atoms with Crippen LogP contribution in [-0.4, -0.2) is 55.1 Å². The summed E-state index contributed by atoms with van der Waals surface area (Å²) >= 11 is 0. The third kappa shape index (κ3) is 8.28. The van der Waals surface area contributed by atoms with Gasteiger partial charge in [0.2, 0.25) is 0 Å². The SMILES string of the molecule is CC=O.CNc1cc(N(C)CCCCN2C(=O)c3ccccc3C2=O)ccc1N.N#Cc1cc([N+](=O)[O-])cc(C#N)c1N. The van der Waals surface area contributed by atoms with Crippen molar-refractivity contribution in [2.45, 2.75) is 19.8 Å². The molecule has 0 saturated heterocycles. The second-order valence-electron chi connectivity index (χ2n) is 9.13. The molecule has 0 saturated carbocycles. The molecule has 0 fully saturated rings. The van der Waals surface area contributed by atoms with E-state index in [0.717, 1.165) is 54.9 Å². The van der Waals surface area contributed by atoms with Crippen molar-refractivity contribution in [2.24, 2.45) is 0 Å². The molecule has 2 amide bonds. The number of nitrogens with two attached hydrogens (primary N) is 2. The maximum absolute atomic E-state index is 12.3. The molecule has 13 nitrogen and oxygen atoms in total. The number of nitrogens with zero attached hydrogens (tertiary/aromatic N) is 5. The van der Waals surface area contributed by atoms with Gasteiger partial charge in [0.1, 0.15) is 18.4 Å². The van der Waals surface area contributed by atoms with E-state index in [1.54, 1.807) is 36.4 Å². The van der Waals surface area contributed by atoms with E-state index in [1.165, 1.54) is 11.8 Å². The molecule has 3 aromatic rings. The summed E-state index contributed by atoms with van der Waals surface area (Å²) in [5.41, 5.74) is 14.6. The molecule has 3 aromatic carbocycles. The molecule has 1 aliphatic rings. The number of hydrogen-bond donors (Lipinski definition) is 3. The third-order valence-corrected chi connectivity index (χ3v) is 6.37. The van der Waals surface area contributed by atoms with Crippen molar-refractivity contribution in [2.75, 3.05) is 48.9 Å². The van der Waals surface area contributed by atoms with Gasteiger partial charge in [-0.1, -0.05) is 12.1 Å². The molecule has 0 radical (unpaired) electrons. The number of rotatable bonds is 8. The largest absolute Gasteiger partial charge is 0.397 e. The second kappa shape index (κ2) is 15.7. The van der Waals surface area contributed by atoms with E-state index in [2.05, 4.69) is 10.2 Å². The molecule has 0 unspecified atom stereocenters. The number of non-ortho nitro benzene ring substituents is 1. The Morgan fingerprint density at radius 2 is 1.53 bits per heavy atom. The smallest absolute Gasteiger partial charge is 0.272 e. The number of carbonyl (C=O) groups excluding carboxylic acids is 3. The zero-order chi connectivity index (χ0) is 32.1. The molecule has 0 spiro atoms. The summed E-state index contributed by atoms with van der Waals surface area (Å²) < 4.78 is 0. The molecule has 1 heterocycles. The molecule has 13 heteroatoms. The summed E-state index contributed by atoms with van der Waals surface area (Å²) in [6.07, 6.45) is 2.40. The molecule has 4 rings (SSSR count). The molecule has 0 atom stereocenters. The molecule has 5 N–H and O–H groups in total. The number of nitriles is 2. The van der Waals surface area contributed by atoms with Crippen molar-refractivity contribution in [3.05, 3.63) is 87.0 Å². The van der Waals surface area contributed by atoms with Gasteiger partial charge in [-0.2, -0.15) is 10.5 Å². The summed E-state index contributed by atoms with van der Waals surface area (Å²) in [6.45, 7) is 2.72. The number of aldehydes is 1. The van der Waals surface area contributed by atoms with Crippen LogP contribution in [0.4, 0.5) is 28.4 Å². The maximum atomic E-state index is 12.3. The van der Waals surface area contributed by atoms with Gasteiger partial charge in [-0.25, -0.2) is 0 Å². The predicted octanol–water partition coefficient (Wildman–Crippen LogP) is 3.95. The summed E-state index contributed by atoms with van der Waals surface area (Å²) in [5, 5.41) is 30.6. The lowest BCUT2D eigenvalue weighted by molar-refractivity contribution is -0.384. The van der Waals surface area contributed by atoms with E-state index in [-0.39, 0.29) is 34.3 Å². The molecule has 43 heavy (non-hydrogen) atoms. The first-order valence-corrected chi connectivity index (χ1v) is 13.1. The van der Waals surface area contributed by atoms with E-state index >= 15 is 0 Å². The van der Waals surface area contributed by atoms with Gasteiger partial charge < -0.3 is 26.5 Å². The van der Waals surface area contributed by atoms with Crippen LogP contribution in [0, 0.1) is 32.8 Å². The Kier molecular flexibility index (Phi) is 12.2. The van der Waals surface area contributed by atoms with Crippen molar-refractivity contribution in [1.29, 1.82) is 10.5 Å². The van der Waals surface area contributed by atoms with Crippen LogP contribution in [0.15, 0.2) is 54.6 Å². The van der Waals surface area contributed by atoms with E-state index < -0.39 is 4.92 Å². The van der Waals surface area contributed by atoms with Gasteiger partial charge in [0.25, 0.3) is 17.5 Å². The Balaban J connectivity index is 0.000000320. The van der Waals surface area contributed by atoms with Crippen molar-refractivity contribution >= 4 is 46.5 Å². The number of benzene rings is 3. The number of nitrogens with one attached hydrogen (secondary N) is 1. The highest BCUT2D eigenvalue weighted by Gasteiger charge is 2.34. The van der Waals surface area contributed by atoms with Crippen molar-refractivity contribution in [3.8, 4) is 12.1 Å². The summed E-state index contributed by atoms with van der Waals surface area (Å²) in [6, 6.07) is 18.3. The number of hydrogen-bond acceptors (Lipinski definition) is 11. The maximum Gasteiger partial charge on any atom is 0.272 e. The van der Waals surface area contributed by atoms with Gasteiger partial charge in [-0.05, 0) is 50.1 Å². The van der Waals surface area contributed by atoms with Crippen LogP contribution in [0.2, 0.25) is 0 Å². The molecular weight excluding hydrogens is 552 g/mol. The zero-order valence-electron chi connectivity index (χ0n) is 24.0. The van der Waals surface area contributed by atoms with Crippen LogP contribution in [-0.2, 0) is 4.79 Å². The number of nitro groups is 1. The number of anilines is 4. The van der Waals surface area contributed by atoms with Crippen LogP contribution in [0.3, 0.4) is 0 Å². The third-order valence-electron chi connectivity index (χ3n) is 6.37. The lowest BCUT2D eigenvalue weighted by Gasteiger charge is -2.21. The summed E-state index contributed by atoms with van der Waals surface area (Å²) in [7, 11) is 3.87. The van der Waals surface area contributed by atoms with Gasteiger partial charge in [-0.15, -0.1) is 0 Å². The van der Waals surface area contributed by atoms with Gasteiger partial charge in [0, 0.05) is 45.0 Å². The standard InChI is InChI=1S/C20H24N4O2.C8H4N4O2.C2H4O/c1-22-18-13-14(9-10-17(18)21)23(2)11-5-6-12-24-19(25)15-7-3-4-8-16(15)20(24)26;9-3-5-1-7(12(13)14)2-6(4-10)8(5)11;1-2-3/h3-4,7-10,13,22H,5-6,11-12,21H2,1-2H3;1-2H,11H2;2H,1H3. The Hall–Kier alpha value is -5.95. The second-order valence-corrected chi connectivity index (χ2v) is 9.13. The molecule has 222 valence electrons. The van der Waals surface area contributed by atoms with Crippen LogP contribution >= 0.6 is 0 Å². The Morgan fingerprint density at radius 3 is 2.00 bits per heavy atom. The Labute approximate surface area is 249 Å². The minimum absolute atomic E-state index is 0.0272. The summed E-state index contributed by atoms with van der Waals surface area (Å²) in [5.74, 6) is -0.368. The molecule has 0 aromatic heterocycles. The molecule has 1 aliphatic heterocycles. The zero-order valence-corrected chi connectivity index (χ0v) is 24.0. The van der Waals surface area contributed by atoms with Crippen LogP contribution in [0.1, 0.15) is 51.6 Å². The lowest BCUT2D eigenvalue weighted by Crippen LogP contribution is -2.31. The van der Waals surface area contributed by atoms with Gasteiger partial charge in [0.05, 0.1) is 44.2 Å². The van der Waals surface area contributed by atoms with Crippen LogP contribution in [0.5, 0.6) is 0 Å². The molecular formula is C30H32N8O5. The lowest BCUT2D eigenvalue weighted by atomic mass is 10.1. The fraction of sp³-hybridized carbons (Fsp3) is 0.233. The number of nitro benzene ring substituents is 1. The highest BCUT2D eigenvalue weighted by molar-refractivity contribution is 6.21. The Bertz CT molecular complexity index is 1520. The average Bonchev–Trinajstić information content (AvgIpc) is 3.25. The minimum Gasteiger partial charge on any atom is -0.397 e. The van der Waals surface area contributed by atoms with Crippen molar-refractivity contribution < 1.29 is 19.3 Å². The van der Waals surface area contributed by atoms with Gasteiger partial charge in [0.15, 0.2) is 0 Å². The van der Waals surface area contributed by atoms with Crippen molar-refractivity contribution in [3.63, 3.8) is 0 Å². The number of carbonyl (C=O) groups is 3. The van der Waals surface area contributed by atoms with Gasteiger partial charge in [-0.3, -0.25) is 24.6 Å².